The summed E-state index contributed by atoms with van der Waals surface area (Å²) >= 11 is 0. The molecule has 1 heterocycles. The number of hydrogen-bond donors (Lipinski definition) is 1. The lowest BCUT2D eigenvalue weighted by atomic mass is 9.99. The SMILES string of the molecule is CCCCc1nc(C2(N)CCCC2)no1. The predicted molar refractivity (Wildman–Crippen MR) is 57.2 cm³/mol. The molecular weight excluding hydrogens is 190 g/mol. The van der Waals surface area contributed by atoms with Crippen LogP contribution in [0.5, 0.6) is 0 Å². The molecule has 1 aromatic heterocycles. The summed E-state index contributed by atoms with van der Waals surface area (Å²) in [6.45, 7) is 2.15. The van der Waals surface area contributed by atoms with Crippen molar-refractivity contribution in [2.75, 3.05) is 0 Å². The molecule has 0 radical (unpaired) electrons. The van der Waals surface area contributed by atoms with Crippen LogP contribution < -0.4 is 5.73 Å². The van der Waals surface area contributed by atoms with Crippen LogP contribution in [0.25, 0.3) is 0 Å². The second-order valence-electron chi connectivity index (χ2n) is 4.48. The standard InChI is InChI=1S/C11H19N3O/c1-2-3-6-9-13-10(14-15-9)11(12)7-4-5-8-11/h2-8,12H2,1H3. The van der Waals surface area contributed by atoms with Crippen molar-refractivity contribution >= 4 is 0 Å². The maximum absolute atomic E-state index is 6.24. The lowest BCUT2D eigenvalue weighted by molar-refractivity contribution is 0.347. The van der Waals surface area contributed by atoms with Gasteiger partial charge in [-0.25, -0.2) is 0 Å². The fourth-order valence-electron chi connectivity index (χ4n) is 2.12. The molecule has 2 N–H and O–H groups in total. The third kappa shape index (κ3) is 2.20. The first kappa shape index (κ1) is 10.6. The van der Waals surface area contributed by atoms with Gasteiger partial charge in [0.1, 0.15) is 0 Å². The van der Waals surface area contributed by atoms with Crippen LogP contribution in [0, 0.1) is 0 Å². The lowest BCUT2D eigenvalue weighted by Gasteiger charge is -2.17. The first-order valence-electron chi connectivity index (χ1n) is 5.86. The fraction of sp³-hybridized carbons (Fsp3) is 0.818. The van der Waals surface area contributed by atoms with Crippen LogP contribution in [-0.4, -0.2) is 10.1 Å². The van der Waals surface area contributed by atoms with Crippen LogP contribution in [-0.2, 0) is 12.0 Å². The molecule has 4 nitrogen and oxygen atoms in total. The van der Waals surface area contributed by atoms with Gasteiger partial charge in [0.2, 0.25) is 5.89 Å². The normalized spacial score (nSPS) is 19.6. The Labute approximate surface area is 90.2 Å². The van der Waals surface area contributed by atoms with Crippen molar-refractivity contribution in [3.63, 3.8) is 0 Å². The summed E-state index contributed by atoms with van der Waals surface area (Å²) in [7, 11) is 0. The monoisotopic (exact) mass is 209 g/mol. The highest BCUT2D eigenvalue weighted by atomic mass is 16.5. The van der Waals surface area contributed by atoms with Gasteiger partial charge in [0.05, 0.1) is 5.54 Å². The van der Waals surface area contributed by atoms with Gasteiger partial charge in [-0.3, -0.25) is 0 Å². The summed E-state index contributed by atoms with van der Waals surface area (Å²) in [4.78, 5) is 4.40. The van der Waals surface area contributed by atoms with E-state index in [4.69, 9.17) is 10.3 Å². The first-order valence-corrected chi connectivity index (χ1v) is 5.86. The van der Waals surface area contributed by atoms with Gasteiger partial charge in [0.15, 0.2) is 5.82 Å². The Bertz CT molecular complexity index is 315. The van der Waals surface area contributed by atoms with E-state index in [9.17, 15) is 0 Å². The second kappa shape index (κ2) is 4.31. The van der Waals surface area contributed by atoms with Crippen molar-refractivity contribution in [1.82, 2.24) is 10.1 Å². The van der Waals surface area contributed by atoms with Gasteiger partial charge in [0, 0.05) is 6.42 Å². The average Bonchev–Trinajstić information content (AvgIpc) is 2.84. The van der Waals surface area contributed by atoms with Gasteiger partial charge >= 0.3 is 0 Å². The third-order valence-corrected chi connectivity index (χ3v) is 3.15. The summed E-state index contributed by atoms with van der Waals surface area (Å²) in [5, 5.41) is 4.01. The van der Waals surface area contributed by atoms with Crippen molar-refractivity contribution < 1.29 is 4.52 Å². The Morgan fingerprint density at radius 2 is 2.13 bits per heavy atom. The van der Waals surface area contributed by atoms with Crippen molar-refractivity contribution in [1.29, 1.82) is 0 Å². The van der Waals surface area contributed by atoms with Crippen LogP contribution in [0.2, 0.25) is 0 Å². The van der Waals surface area contributed by atoms with Gasteiger partial charge in [0.25, 0.3) is 0 Å². The summed E-state index contributed by atoms with van der Waals surface area (Å²) in [5.41, 5.74) is 5.93. The molecule has 2 rings (SSSR count). The van der Waals surface area contributed by atoms with Crippen molar-refractivity contribution in [3.8, 4) is 0 Å². The molecule has 0 amide bonds. The predicted octanol–water partition coefficient (Wildman–Crippen LogP) is 2.14. The van der Waals surface area contributed by atoms with E-state index in [1.165, 1.54) is 12.8 Å². The highest BCUT2D eigenvalue weighted by Gasteiger charge is 2.35. The molecule has 1 aliphatic rings. The summed E-state index contributed by atoms with van der Waals surface area (Å²) in [5.74, 6) is 1.45. The molecule has 0 unspecified atom stereocenters. The minimum atomic E-state index is -0.312. The second-order valence-corrected chi connectivity index (χ2v) is 4.48. The molecule has 1 aliphatic carbocycles. The number of nitrogens with two attached hydrogens (primary N) is 1. The average molecular weight is 209 g/mol. The largest absolute Gasteiger partial charge is 0.339 e. The van der Waals surface area contributed by atoms with E-state index in [0.29, 0.717) is 5.82 Å². The van der Waals surface area contributed by atoms with Crippen LogP contribution >= 0.6 is 0 Å². The number of aryl methyl sites for hydroxylation is 1. The molecule has 0 spiro atoms. The quantitative estimate of drug-likeness (QED) is 0.825. The van der Waals surface area contributed by atoms with Crippen LogP contribution in [0.3, 0.4) is 0 Å². The Morgan fingerprint density at radius 1 is 1.40 bits per heavy atom. The van der Waals surface area contributed by atoms with Gasteiger partial charge in [-0.2, -0.15) is 4.98 Å². The van der Waals surface area contributed by atoms with E-state index in [-0.39, 0.29) is 5.54 Å². The molecule has 1 aromatic rings. The minimum Gasteiger partial charge on any atom is -0.339 e. The summed E-state index contributed by atoms with van der Waals surface area (Å²) < 4.78 is 5.20. The fourth-order valence-corrected chi connectivity index (χ4v) is 2.12. The minimum absolute atomic E-state index is 0.312. The molecule has 15 heavy (non-hydrogen) atoms. The molecule has 4 heteroatoms. The van der Waals surface area contributed by atoms with Crippen molar-refractivity contribution in [2.24, 2.45) is 5.73 Å². The van der Waals surface area contributed by atoms with Gasteiger partial charge in [-0.1, -0.05) is 31.3 Å². The third-order valence-electron chi connectivity index (χ3n) is 3.15. The maximum Gasteiger partial charge on any atom is 0.226 e. The first-order chi connectivity index (χ1) is 7.24. The molecular formula is C11H19N3O. The van der Waals surface area contributed by atoms with Crippen LogP contribution in [0.4, 0.5) is 0 Å². The smallest absolute Gasteiger partial charge is 0.226 e. The van der Waals surface area contributed by atoms with Gasteiger partial charge in [-0.05, 0) is 19.3 Å². The van der Waals surface area contributed by atoms with Crippen LogP contribution in [0.15, 0.2) is 4.52 Å². The maximum atomic E-state index is 6.24. The zero-order valence-electron chi connectivity index (χ0n) is 9.33. The van der Waals surface area contributed by atoms with E-state index in [1.807, 2.05) is 0 Å². The Hall–Kier alpha value is -0.900. The molecule has 0 aliphatic heterocycles. The van der Waals surface area contributed by atoms with Gasteiger partial charge in [-0.15, -0.1) is 0 Å². The molecule has 0 atom stereocenters. The molecule has 0 saturated heterocycles. The number of hydrogen-bond acceptors (Lipinski definition) is 4. The highest BCUT2D eigenvalue weighted by molar-refractivity contribution is 5.06. The van der Waals surface area contributed by atoms with E-state index < -0.39 is 0 Å². The Kier molecular flexibility index (Phi) is 3.05. The van der Waals surface area contributed by atoms with E-state index >= 15 is 0 Å². The summed E-state index contributed by atoms with van der Waals surface area (Å²) in [6.07, 6.45) is 7.44. The van der Waals surface area contributed by atoms with E-state index in [1.54, 1.807) is 0 Å². The van der Waals surface area contributed by atoms with Crippen molar-refractivity contribution in [2.45, 2.75) is 57.4 Å². The topological polar surface area (TPSA) is 64.9 Å². The highest BCUT2D eigenvalue weighted by Crippen LogP contribution is 2.34. The van der Waals surface area contributed by atoms with E-state index in [2.05, 4.69) is 17.1 Å². The molecule has 0 bridgehead atoms. The molecule has 0 aromatic carbocycles. The zero-order valence-corrected chi connectivity index (χ0v) is 9.33. The zero-order chi connectivity index (χ0) is 10.7. The van der Waals surface area contributed by atoms with E-state index in [0.717, 1.165) is 38.0 Å². The summed E-state index contributed by atoms with van der Waals surface area (Å²) in [6, 6.07) is 0. The number of aromatic nitrogens is 2. The molecule has 1 fully saturated rings. The lowest BCUT2D eigenvalue weighted by Crippen LogP contribution is -2.34. The Morgan fingerprint density at radius 3 is 2.80 bits per heavy atom. The number of rotatable bonds is 4. The Balaban J connectivity index is 2.05. The molecule has 84 valence electrons. The number of unbranched alkanes of at least 4 members (excludes halogenated alkanes) is 1. The molecule has 1 saturated carbocycles. The van der Waals surface area contributed by atoms with Crippen LogP contribution in [0.1, 0.15) is 57.2 Å². The van der Waals surface area contributed by atoms with Crippen molar-refractivity contribution in [3.05, 3.63) is 11.7 Å². The van der Waals surface area contributed by atoms with Gasteiger partial charge < -0.3 is 10.3 Å². The number of nitrogens with zero attached hydrogens (tertiary/aromatic N) is 2.